The van der Waals surface area contributed by atoms with Gasteiger partial charge in [-0.1, -0.05) is 30.3 Å². The minimum absolute atomic E-state index is 0.695. The van der Waals surface area contributed by atoms with E-state index in [0.29, 0.717) is 6.61 Å². The first-order valence-corrected chi connectivity index (χ1v) is 7.18. The Hall–Kier alpha value is -2.49. The zero-order valence-electron chi connectivity index (χ0n) is 12.1. The Bertz CT molecular complexity index is 706. The summed E-state index contributed by atoms with van der Waals surface area (Å²) in [6.45, 7) is 1.53. The number of rotatable bonds is 6. The fraction of sp³-hybridized carbons (Fsp3) is 0.235. The average molecular weight is 281 g/mol. The summed E-state index contributed by atoms with van der Waals surface area (Å²) in [4.78, 5) is 4.58. The van der Waals surface area contributed by atoms with Crippen LogP contribution >= 0.6 is 0 Å². The maximum Gasteiger partial charge on any atom is 0.203 e. The molecule has 0 bridgehead atoms. The first-order valence-electron chi connectivity index (χ1n) is 7.18. The fourth-order valence-corrected chi connectivity index (χ4v) is 2.28. The lowest BCUT2D eigenvalue weighted by Crippen LogP contribution is -2.10. The lowest BCUT2D eigenvalue weighted by atomic mass is 10.3. The summed E-state index contributed by atoms with van der Waals surface area (Å²) in [5.41, 5.74) is 2.16. The highest BCUT2D eigenvalue weighted by molar-refractivity contribution is 5.78. The van der Waals surface area contributed by atoms with E-state index >= 15 is 0 Å². The lowest BCUT2D eigenvalue weighted by Gasteiger charge is -2.08. The Balaban J connectivity index is 1.49. The first-order chi connectivity index (χ1) is 10.3. The summed E-state index contributed by atoms with van der Waals surface area (Å²) < 4.78 is 7.74. The molecular weight excluding hydrogens is 262 g/mol. The van der Waals surface area contributed by atoms with Crippen molar-refractivity contribution in [1.82, 2.24) is 9.55 Å². The van der Waals surface area contributed by atoms with Gasteiger partial charge in [0.25, 0.3) is 0 Å². The number of nitrogens with zero attached hydrogens (tertiary/aromatic N) is 2. The molecule has 0 spiro atoms. The number of fused-ring (bicyclic) bond motifs is 1. The molecule has 0 aliphatic carbocycles. The number of ether oxygens (including phenoxy) is 1. The van der Waals surface area contributed by atoms with E-state index in [0.717, 1.165) is 35.7 Å². The topological polar surface area (TPSA) is 39.1 Å². The second kappa shape index (κ2) is 6.31. The van der Waals surface area contributed by atoms with Crippen LogP contribution in [-0.4, -0.2) is 22.7 Å². The van der Waals surface area contributed by atoms with Crippen molar-refractivity contribution in [3.05, 3.63) is 54.6 Å². The van der Waals surface area contributed by atoms with Gasteiger partial charge in [0.2, 0.25) is 5.95 Å². The van der Waals surface area contributed by atoms with Crippen LogP contribution in [0.4, 0.5) is 5.95 Å². The van der Waals surface area contributed by atoms with Gasteiger partial charge < -0.3 is 14.6 Å². The van der Waals surface area contributed by atoms with Crippen molar-refractivity contribution in [2.75, 3.05) is 18.5 Å². The van der Waals surface area contributed by atoms with Gasteiger partial charge in [0, 0.05) is 13.6 Å². The molecule has 1 aromatic heterocycles. The molecule has 108 valence electrons. The minimum Gasteiger partial charge on any atom is -0.494 e. The van der Waals surface area contributed by atoms with Crippen molar-refractivity contribution in [3.8, 4) is 5.75 Å². The summed E-state index contributed by atoms with van der Waals surface area (Å²) in [5, 5.41) is 3.36. The zero-order valence-corrected chi connectivity index (χ0v) is 12.1. The van der Waals surface area contributed by atoms with E-state index in [2.05, 4.69) is 20.9 Å². The van der Waals surface area contributed by atoms with Gasteiger partial charge in [-0.3, -0.25) is 0 Å². The highest BCUT2D eigenvalue weighted by Gasteiger charge is 2.05. The largest absolute Gasteiger partial charge is 0.494 e. The SMILES string of the molecule is Cn1c(NCCCOc2ccccc2)nc2ccccc21. The number of hydrogen-bond acceptors (Lipinski definition) is 3. The number of benzene rings is 2. The Kier molecular flexibility index (Phi) is 4.05. The van der Waals surface area contributed by atoms with Gasteiger partial charge in [0.1, 0.15) is 5.75 Å². The third kappa shape index (κ3) is 3.16. The first kappa shape index (κ1) is 13.5. The van der Waals surface area contributed by atoms with E-state index in [9.17, 15) is 0 Å². The van der Waals surface area contributed by atoms with Crippen LogP contribution in [-0.2, 0) is 7.05 Å². The smallest absolute Gasteiger partial charge is 0.203 e. The molecule has 1 N–H and O–H groups in total. The average Bonchev–Trinajstić information content (AvgIpc) is 2.85. The van der Waals surface area contributed by atoms with Gasteiger partial charge in [0.05, 0.1) is 17.6 Å². The number of aromatic nitrogens is 2. The van der Waals surface area contributed by atoms with Crippen molar-refractivity contribution < 1.29 is 4.74 Å². The number of anilines is 1. The Labute approximate surface area is 124 Å². The molecule has 4 heteroatoms. The standard InChI is InChI=1S/C17H19N3O/c1-20-16-11-6-5-10-15(16)19-17(20)18-12-7-13-21-14-8-3-2-4-9-14/h2-6,8-11H,7,12-13H2,1H3,(H,18,19). The predicted molar refractivity (Wildman–Crippen MR) is 85.8 cm³/mol. The van der Waals surface area contributed by atoms with Crippen molar-refractivity contribution in [3.63, 3.8) is 0 Å². The number of nitrogens with one attached hydrogen (secondary N) is 1. The fourth-order valence-electron chi connectivity index (χ4n) is 2.28. The molecule has 0 fully saturated rings. The van der Waals surface area contributed by atoms with Gasteiger partial charge in [-0.05, 0) is 30.7 Å². The van der Waals surface area contributed by atoms with Crippen LogP contribution in [0.1, 0.15) is 6.42 Å². The summed E-state index contributed by atoms with van der Waals surface area (Å²) in [6.07, 6.45) is 0.929. The van der Waals surface area contributed by atoms with Gasteiger partial charge in [-0.2, -0.15) is 0 Å². The quantitative estimate of drug-likeness (QED) is 0.703. The van der Waals surface area contributed by atoms with E-state index in [1.165, 1.54) is 0 Å². The highest BCUT2D eigenvalue weighted by atomic mass is 16.5. The molecule has 0 aliphatic heterocycles. The van der Waals surface area contributed by atoms with Gasteiger partial charge in [-0.15, -0.1) is 0 Å². The number of imidazole rings is 1. The van der Waals surface area contributed by atoms with Crippen molar-refractivity contribution in [2.24, 2.45) is 7.05 Å². The van der Waals surface area contributed by atoms with E-state index in [1.54, 1.807) is 0 Å². The van der Waals surface area contributed by atoms with Crippen molar-refractivity contribution in [1.29, 1.82) is 0 Å². The molecular formula is C17H19N3O. The summed E-state index contributed by atoms with van der Waals surface area (Å²) in [7, 11) is 2.03. The summed E-state index contributed by atoms with van der Waals surface area (Å²) in [5.74, 6) is 1.82. The Morgan fingerprint density at radius 3 is 2.62 bits per heavy atom. The van der Waals surface area contributed by atoms with Crippen LogP contribution in [0.5, 0.6) is 5.75 Å². The molecule has 4 nitrogen and oxygen atoms in total. The lowest BCUT2D eigenvalue weighted by molar-refractivity contribution is 0.315. The summed E-state index contributed by atoms with van der Waals surface area (Å²) >= 11 is 0. The molecule has 2 aromatic carbocycles. The van der Waals surface area contributed by atoms with Crippen LogP contribution in [0.25, 0.3) is 11.0 Å². The summed E-state index contributed by atoms with van der Waals surface area (Å²) in [6, 6.07) is 18.0. The maximum absolute atomic E-state index is 5.67. The molecule has 0 amide bonds. The number of aryl methyl sites for hydroxylation is 1. The molecule has 0 saturated carbocycles. The normalized spacial score (nSPS) is 10.7. The Morgan fingerprint density at radius 1 is 1.05 bits per heavy atom. The molecule has 0 atom stereocenters. The second-order valence-corrected chi connectivity index (χ2v) is 4.92. The molecule has 0 saturated heterocycles. The third-order valence-electron chi connectivity index (χ3n) is 3.40. The van der Waals surface area contributed by atoms with Gasteiger partial charge in [-0.25, -0.2) is 4.98 Å². The van der Waals surface area contributed by atoms with E-state index in [-0.39, 0.29) is 0 Å². The third-order valence-corrected chi connectivity index (χ3v) is 3.40. The van der Waals surface area contributed by atoms with Crippen LogP contribution in [0.3, 0.4) is 0 Å². The molecule has 3 aromatic rings. The van der Waals surface area contributed by atoms with E-state index < -0.39 is 0 Å². The predicted octanol–water partition coefficient (Wildman–Crippen LogP) is 3.45. The molecule has 1 heterocycles. The number of hydrogen-bond donors (Lipinski definition) is 1. The molecule has 0 radical (unpaired) electrons. The van der Waals surface area contributed by atoms with E-state index in [1.807, 2.05) is 55.6 Å². The van der Waals surface area contributed by atoms with E-state index in [4.69, 9.17) is 4.74 Å². The van der Waals surface area contributed by atoms with Crippen LogP contribution < -0.4 is 10.1 Å². The maximum atomic E-state index is 5.67. The zero-order chi connectivity index (χ0) is 14.5. The van der Waals surface area contributed by atoms with Crippen molar-refractivity contribution >= 4 is 17.0 Å². The highest BCUT2D eigenvalue weighted by Crippen LogP contribution is 2.17. The van der Waals surface area contributed by atoms with Crippen molar-refractivity contribution in [2.45, 2.75) is 6.42 Å². The molecule has 3 rings (SSSR count). The van der Waals surface area contributed by atoms with Crippen LogP contribution in [0.15, 0.2) is 54.6 Å². The monoisotopic (exact) mass is 281 g/mol. The molecule has 0 unspecified atom stereocenters. The minimum atomic E-state index is 0.695. The second-order valence-electron chi connectivity index (χ2n) is 4.92. The molecule has 21 heavy (non-hydrogen) atoms. The Morgan fingerprint density at radius 2 is 1.81 bits per heavy atom. The van der Waals surface area contributed by atoms with Crippen LogP contribution in [0.2, 0.25) is 0 Å². The van der Waals surface area contributed by atoms with Crippen LogP contribution in [0, 0.1) is 0 Å². The van der Waals surface area contributed by atoms with Gasteiger partial charge in [0.15, 0.2) is 0 Å². The van der Waals surface area contributed by atoms with Gasteiger partial charge >= 0.3 is 0 Å². The number of para-hydroxylation sites is 3. The molecule has 0 aliphatic rings.